The summed E-state index contributed by atoms with van der Waals surface area (Å²) in [5.74, 6) is -0.737. The van der Waals surface area contributed by atoms with Crippen LogP contribution in [0.2, 0.25) is 0 Å². The SMILES string of the molecule is COc1ccc2c(c1O)C(O)n1c-2c(-c2ccccc2)c2ccc(C(=O)NS(=O)(=O)N(C)C)cc21. The monoisotopic (exact) mass is 493 g/mol. The van der Waals surface area contributed by atoms with Crippen LogP contribution in [0.3, 0.4) is 0 Å². The van der Waals surface area contributed by atoms with E-state index in [1.54, 1.807) is 28.8 Å². The highest BCUT2D eigenvalue weighted by Gasteiger charge is 2.36. The lowest BCUT2D eigenvalue weighted by Crippen LogP contribution is -2.39. The topological polar surface area (TPSA) is 121 Å². The number of hydrogen-bond donors (Lipinski definition) is 3. The molecule has 5 rings (SSSR count). The number of nitrogens with one attached hydrogen (secondary N) is 1. The van der Waals surface area contributed by atoms with Crippen LogP contribution in [0, 0.1) is 0 Å². The molecular weight excluding hydrogens is 470 g/mol. The maximum Gasteiger partial charge on any atom is 0.303 e. The Morgan fingerprint density at radius 2 is 1.80 bits per heavy atom. The van der Waals surface area contributed by atoms with Crippen molar-refractivity contribution >= 4 is 27.0 Å². The van der Waals surface area contributed by atoms with Gasteiger partial charge in [-0.25, -0.2) is 4.72 Å². The lowest BCUT2D eigenvalue weighted by Gasteiger charge is -2.14. The first-order chi connectivity index (χ1) is 16.7. The van der Waals surface area contributed by atoms with E-state index in [1.165, 1.54) is 27.3 Å². The molecule has 2 heterocycles. The summed E-state index contributed by atoms with van der Waals surface area (Å²) in [5, 5.41) is 22.9. The van der Waals surface area contributed by atoms with Crippen LogP contribution in [0.5, 0.6) is 11.5 Å². The van der Waals surface area contributed by atoms with Crippen LogP contribution in [-0.4, -0.2) is 54.6 Å². The summed E-state index contributed by atoms with van der Waals surface area (Å²) < 4.78 is 34.1. The first kappa shape index (κ1) is 22.9. The van der Waals surface area contributed by atoms with Crippen molar-refractivity contribution in [1.82, 2.24) is 13.6 Å². The van der Waals surface area contributed by atoms with Crippen molar-refractivity contribution in [3.63, 3.8) is 0 Å². The first-order valence-corrected chi connectivity index (χ1v) is 12.2. The normalized spacial score (nSPS) is 14.7. The molecule has 1 unspecified atom stereocenters. The van der Waals surface area contributed by atoms with Crippen LogP contribution in [0.4, 0.5) is 0 Å². The van der Waals surface area contributed by atoms with Crippen LogP contribution in [0.1, 0.15) is 22.1 Å². The summed E-state index contributed by atoms with van der Waals surface area (Å²) in [6, 6.07) is 17.8. The minimum absolute atomic E-state index is 0.104. The second kappa shape index (κ2) is 8.12. The molecule has 1 aliphatic heterocycles. The zero-order valence-corrected chi connectivity index (χ0v) is 20.0. The third-order valence-electron chi connectivity index (χ3n) is 6.19. The van der Waals surface area contributed by atoms with Gasteiger partial charge in [-0.05, 0) is 29.8 Å². The highest BCUT2D eigenvalue weighted by Crippen LogP contribution is 2.53. The van der Waals surface area contributed by atoms with Gasteiger partial charge in [0.2, 0.25) is 0 Å². The molecule has 3 aromatic carbocycles. The van der Waals surface area contributed by atoms with E-state index < -0.39 is 22.3 Å². The van der Waals surface area contributed by atoms with Crippen LogP contribution >= 0.6 is 0 Å². The molecule has 9 nitrogen and oxygen atoms in total. The quantitative estimate of drug-likeness (QED) is 0.393. The fraction of sp³-hybridized carbons (Fsp3) is 0.160. The van der Waals surface area contributed by atoms with Gasteiger partial charge in [0, 0.05) is 36.2 Å². The first-order valence-electron chi connectivity index (χ1n) is 10.7. The second-order valence-corrected chi connectivity index (χ2v) is 10.2. The fourth-order valence-electron chi connectivity index (χ4n) is 4.48. The summed E-state index contributed by atoms with van der Waals surface area (Å²) in [4.78, 5) is 12.8. The van der Waals surface area contributed by atoms with Crippen molar-refractivity contribution in [1.29, 1.82) is 0 Å². The summed E-state index contributed by atoms with van der Waals surface area (Å²) in [7, 11) is 0.0831. The number of methoxy groups -OCH3 is 1. The number of fused-ring (bicyclic) bond motifs is 5. The molecule has 0 spiro atoms. The summed E-state index contributed by atoms with van der Waals surface area (Å²) >= 11 is 0. The molecule has 4 aromatic rings. The van der Waals surface area contributed by atoms with Gasteiger partial charge < -0.3 is 19.5 Å². The molecule has 10 heteroatoms. The Hall–Kier alpha value is -3.86. The number of nitrogens with zero attached hydrogens (tertiary/aromatic N) is 2. The van der Waals surface area contributed by atoms with Crippen molar-refractivity contribution in [3.05, 3.63) is 71.8 Å². The van der Waals surface area contributed by atoms with Crippen LogP contribution in [0.25, 0.3) is 33.3 Å². The molecule has 1 amide bonds. The molecule has 1 atom stereocenters. The maximum atomic E-state index is 12.8. The zero-order valence-electron chi connectivity index (χ0n) is 19.2. The Kier molecular flexibility index (Phi) is 5.32. The Morgan fingerprint density at radius 1 is 1.09 bits per heavy atom. The predicted octanol–water partition coefficient (Wildman–Crippen LogP) is 3.08. The molecule has 0 bridgehead atoms. The van der Waals surface area contributed by atoms with Crippen molar-refractivity contribution in [2.45, 2.75) is 6.23 Å². The number of carbonyl (C=O) groups excluding carboxylic acids is 1. The van der Waals surface area contributed by atoms with Crippen molar-refractivity contribution in [3.8, 4) is 33.9 Å². The van der Waals surface area contributed by atoms with Gasteiger partial charge >= 0.3 is 10.2 Å². The highest BCUT2D eigenvalue weighted by molar-refractivity contribution is 7.87. The number of aliphatic hydroxyl groups is 1. The van der Waals surface area contributed by atoms with Gasteiger partial charge in [-0.3, -0.25) is 4.79 Å². The molecule has 1 aliphatic rings. The minimum atomic E-state index is -3.99. The number of phenols is 1. The third-order valence-corrected chi connectivity index (χ3v) is 7.59. The number of rotatable bonds is 5. The van der Waals surface area contributed by atoms with E-state index in [0.717, 1.165) is 20.8 Å². The number of carbonyl (C=O) groups is 1. The van der Waals surface area contributed by atoms with Gasteiger partial charge in [0.05, 0.1) is 23.9 Å². The van der Waals surface area contributed by atoms with Gasteiger partial charge in [0.1, 0.15) is 0 Å². The van der Waals surface area contributed by atoms with E-state index in [-0.39, 0.29) is 17.1 Å². The standard InChI is InChI=1S/C25H23N3O6S/c1-27(2)35(32,33)26-24(30)15-9-10-16-18(13-15)28-22(20(16)14-7-5-4-6-8-14)17-11-12-19(34-3)23(29)21(17)25(28)31/h4-13,25,29,31H,1-3H3,(H,26,30). The van der Waals surface area contributed by atoms with Crippen molar-refractivity contribution < 1.29 is 28.2 Å². The molecule has 0 radical (unpaired) electrons. The number of ether oxygens (including phenoxy) is 1. The number of benzene rings is 3. The Balaban J connectivity index is 1.77. The Bertz CT molecular complexity index is 1590. The highest BCUT2D eigenvalue weighted by atomic mass is 32.2. The lowest BCUT2D eigenvalue weighted by atomic mass is 9.95. The van der Waals surface area contributed by atoms with Crippen LogP contribution in [-0.2, 0) is 10.2 Å². The fourth-order valence-corrected chi connectivity index (χ4v) is 5.02. The summed E-state index contributed by atoms with van der Waals surface area (Å²) in [5.41, 5.74) is 3.91. The number of aromatic nitrogens is 1. The summed E-state index contributed by atoms with van der Waals surface area (Å²) in [6.07, 6.45) is -1.25. The molecular formula is C25H23N3O6S. The smallest absolute Gasteiger partial charge is 0.303 e. The number of hydrogen-bond acceptors (Lipinski definition) is 6. The van der Waals surface area contributed by atoms with Crippen LogP contribution in [0.15, 0.2) is 60.7 Å². The minimum Gasteiger partial charge on any atom is -0.504 e. The van der Waals surface area contributed by atoms with Gasteiger partial charge in [0.15, 0.2) is 17.7 Å². The molecule has 1 aromatic heterocycles. The van der Waals surface area contributed by atoms with Crippen molar-refractivity contribution in [2.75, 3.05) is 21.2 Å². The van der Waals surface area contributed by atoms with E-state index in [1.807, 2.05) is 35.1 Å². The van der Waals surface area contributed by atoms with E-state index >= 15 is 0 Å². The van der Waals surface area contributed by atoms with Gasteiger partial charge in [0.25, 0.3) is 5.91 Å². The Labute approximate surface area is 202 Å². The second-order valence-electron chi connectivity index (χ2n) is 8.36. The largest absolute Gasteiger partial charge is 0.504 e. The van der Waals surface area contributed by atoms with Gasteiger partial charge in [-0.15, -0.1) is 0 Å². The van der Waals surface area contributed by atoms with E-state index in [2.05, 4.69) is 0 Å². The van der Waals surface area contributed by atoms with E-state index in [4.69, 9.17) is 4.74 Å². The van der Waals surface area contributed by atoms with E-state index in [0.29, 0.717) is 22.3 Å². The average molecular weight is 494 g/mol. The van der Waals surface area contributed by atoms with Crippen LogP contribution < -0.4 is 9.46 Å². The molecule has 0 saturated heterocycles. The molecule has 3 N–H and O–H groups in total. The molecule has 0 fully saturated rings. The third kappa shape index (κ3) is 3.45. The number of aliphatic hydroxyl groups excluding tert-OH is 1. The molecule has 0 saturated carbocycles. The molecule has 180 valence electrons. The molecule has 0 aliphatic carbocycles. The maximum absolute atomic E-state index is 12.8. The van der Waals surface area contributed by atoms with Gasteiger partial charge in [-0.2, -0.15) is 12.7 Å². The van der Waals surface area contributed by atoms with Crippen molar-refractivity contribution in [2.24, 2.45) is 0 Å². The number of aromatic hydroxyl groups is 1. The predicted molar refractivity (Wildman–Crippen MR) is 131 cm³/mol. The average Bonchev–Trinajstić information content (AvgIpc) is 3.32. The molecule has 35 heavy (non-hydrogen) atoms. The lowest BCUT2D eigenvalue weighted by molar-refractivity contribution is 0.0979. The zero-order chi connectivity index (χ0) is 25.1. The number of amides is 1. The van der Waals surface area contributed by atoms with E-state index in [9.17, 15) is 23.4 Å². The Morgan fingerprint density at radius 3 is 2.46 bits per heavy atom. The van der Waals surface area contributed by atoms with Gasteiger partial charge in [-0.1, -0.05) is 36.4 Å². The summed E-state index contributed by atoms with van der Waals surface area (Å²) in [6.45, 7) is 0. The number of phenolic OH excluding ortho intramolecular Hbond substituents is 1.